The van der Waals surface area contributed by atoms with E-state index >= 15 is 0 Å². The molecule has 2 heterocycles. The maximum atomic E-state index is 5.03. The Labute approximate surface area is 87.7 Å². The predicted octanol–water partition coefficient (Wildman–Crippen LogP) is 1.57. The molecule has 78 valence electrons. The Morgan fingerprint density at radius 3 is 2.93 bits per heavy atom. The first-order valence-corrected chi connectivity index (χ1v) is 4.54. The minimum Gasteiger partial charge on any atom is -0.481 e. The van der Waals surface area contributed by atoms with Crippen molar-refractivity contribution in [2.45, 2.75) is 0 Å². The van der Waals surface area contributed by atoms with Gasteiger partial charge in [-0.1, -0.05) is 6.07 Å². The molecule has 15 heavy (non-hydrogen) atoms. The molecule has 0 aromatic carbocycles. The molecule has 0 aliphatic heterocycles. The molecular weight excluding hydrogens is 192 g/mol. The van der Waals surface area contributed by atoms with Crippen LogP contribution in [0.15, 0.2) is 30.6 Å². The van der Waals surface area contributed by atoms with E-state index in [1.807, 2.05) is 25.4 Å². The zero-order valence-corrected chi connectivity index (χ0v) is 8.64. The van der Waals surface area contributed by atoms with Crippen LogP contribution in [0.2, 0.25) is 0 Å². The Balaban J connectivity index is 2.16. The van der Waals surface area contributed by atoms with E-state index in [9.17, 15) is 0 Å². The summed E-state index contributed by atoms with van der Waals surface area (Å²) in [6.45, 7) is 0. The molecule has 0 aliphatic rings. The Morgan fingerprint density at radius 2 is 2.27 bits per heavy atom. The van der Waals surface area contributed by atoms with Gasteiger partial charge in [-0.05, 0) is 6.07 Å². The highest BCUT2D eigenvalue weighted by Crippen LogP contribution is 2.15. The Bertz CT molecular complexity index is 452. The predicted molar refractivity (Wildman–Crippen MR) is 57.3 cm³/mol. The molecule has 0 amide bonds. The highest BCUT2D eigenvalue weighted by molar-refractivity contribution is 5.54. The van der Waals surface area contributed by atoms with E-state index in [-0.39, 0.29) is 0 Å². The number of hydrogen-bond donors (Lipinski definition) is 1. The number of ether oxygens (including phenoxy) is 1. The van der Waals surface area contributed by atoms with E-state index in [1.54, 1.807) is 24.1 Å². The van der Waals surface area contributed by atoms with E-state index in [0.717, 1.165) is 11.5 Å². The van der Waals surface area contributed by atoms with E-state index in [1.165, 1.54) is 0 Å². The van der Waals surface area contributed by atoms with Crippen LogP contribution >= 0.6 is 0 Å². The summed E-state index contributed by atoms with van der Waals surface area (Å²) in [6, 6.07) is 5.55. The van der Waals surface area contributed by atoms with Gasteiger partial charge >= 0.3 is 0 Å². The third-order valence-corrected chi connectivity index (χ3v) is 1.91. The number of anilines is 2. The van der Waals surface area contributed by atoms with Gasteiger partial charge in [0.25, 0.3) is 0 Å². The first-order valence-electron chi connectivity index (χ1n) is 4.54. The Hall–Kier alpha value is -2.04. The molecule has 0 atom stereocenters. The van der Waals surface area contributed by atoms with E-state index in [4.69, 9.17) is 4.74 Å². The van der Waals surface area contributed by atoms with Gasteiger partial charge in [-0.25, -0.2) is 0 Å². The van der Waals surface area contributed by atoms with Crippen LogP contribution in [0.25, 0.3) is 0 Å². The Kier molecular flexibility index (Phi) is 2.53. The van der Waals surface area contributed by atoms with Crippen LogP contribution < -0.4 is 10.1 Å². The van der Waals surface area contributed by atoms with Crippen molar-refractivity contribution in [3.63, 3.8) is 0 Å². The lowest BCUT2D eigenvalue weighted by molar-refractivity contribution is 0.398. The molecule has 2 rings (SSSR count). The highest BCUT2D eigenvalue weighted by atomic mass is 16.5. The first-order chi connectivity index (χ1) is 7.28. The molecule has 0 bridgehead atoms. The fraction of sp³-hybridized carbons (Fsp3) is 0.200. The van der Waals surface area contributed by atoms with Crippen molar-refractivity contribution in [3.05, 3.63) is 30.6 Å². The summed E-state index contributed by atoms with van der Waals surface area (Å²) >= 11 is 0. The normalized spacial score (nSPS) is 10.0. The number of hydrogen-bond acceptors (Lipinski definition) is 4. The molecule has 0 aliphatic carbocycles. The smallest absolute Gasteiger partial charge is 0.214 e. The third kappa shape index (κ3) is 2.25. The van der Waals surface area contributed by atoms with Gasteiger partial charge in [0.15, 0.2) is 0 Å². The minimum absolute atomic E-state index is 0.587. The summed E-state index contributed by atoms with van der Waals surface area (Å²) in [5.74, 6) is 1.33. The van der Waals surface area contributed by atoms with Crippen LogP contribution in [0.5, 0.6) is 5.88 Å². The van der Waals surface area contributed by atoms with Crippen molar-refractivity contribution < 1.29 is 4.74 Å². The molecule has 5 nitrogen and oxygen atoms in total. The summed E-state index contributed by atoms with van der Waals surface area (Å²) in [4.78, 5) is 4.23. The molecule has 0 saturated carbocycles. The zero-order chi connectivity index (χ0) is 10.7. The van der Waals surface area contributed by atoms with Crippen molar-refractivity contribution in [2.75, 3.05) is 12.4 Å². The lowest BCUT2D eigenvalue weighted by Gasteiger charge is -2.03. The van der Waals surface area contributed by atoms with Crippen molar-refractivity contribution in [2.24, 2.45) is 7.05 Å². The van der Waals surface area contributed by atoms with Crippen LogP contribution in [-0.2, 0) is 7.05 Å². The maximum absolute atomic E-state index is 5.03. The number of aryl methyl sites for hydroxylation is 1. The second-order valence-electron chi connectivity index (χ2n) is 3.09. The lowest BCUT2D eigenvalue weighted by atomic mass is 10.4. The molecule has 0 unspecified atom stereocenters. The number of pyridine rings is 1. The molecule has 2 aromatic rings. The molecule has 0 spiro atoms. The van der Waals surface area contributed by atoms with Gasteiger partial charge in [0.05, 0.1) is 19.0 Å². The summed E-state index contributed by atoms with van der Waals surface area (Å²) in [5.41, 5.74) is 0.901. The average Bonchev–Trinajstić information content (AvgIpc) is 2.64. The third-order valence-electron chi connectivity index (χ3n) is 1.91. The summed E-state index contributed by atoms with van der Waals surface area (Å²) < 4.78 is 6.75. The highest BCUT2D eigenvalue weighted by Gasteiger charge is 1.99. The van der Waals surface area contributed by atoms with Crippen molar-refractivity contribution in [3.8, 4) is 5.88 Å². The van der Waals surface area contributed by atoms with Gasteiger partial charge in [-0.2, -0.15) is 10.1 Å². The van der Waals surface area contributed by atoms with Crippen LogP contribution in [-0.4, -0.2) is 21.9 Å². The SMILES string of the molecule is COc1cccc(Nc2cnn(C)c2)n1. The topological polar surface area (TPSA) is 52.0 Å². The van der Waals surface area contributed by atoms with Crippen molar-refractivity contribution >= 4 is 11.5 Å². The molecule has 2 aromatic heterocycles. The molecule has 1 N–H and O–H groups in total. The summed E-state index contributed by atoms with van der Waals surface area (Å²) in [5, 5.41) is 7.18. The zero-order valence-electron chi connectivity index (χ0n) is 8.64. The van der Waals surface area contributed by atoms with Crippen LogP contribution in [0.3, 0.4) is 0 Å². The number of methoxy groups -OCH3 is 1. The summed E-state index contributed by atoms with van der Waals surface area (Å²) in [6.07, 6.45) is 3.61. The number of rotatable bonds is 3. The quantitative estimate of drug-likeness (QED) is 0.824. The number of nitrogens with one attached hydrogen (secondary N) is 1. The molecule has 0 fully saturated rings. The monoisotopic (exact) mass is 204 g/mol. The average molecular weight is 204 g/mol. The van der Waals surface area contributed by atoms with Crippen LogP contribution in [0.4, 0.5) is 11.5 Å². The van der Waals surface area contributed by atoms with Crippen LogP contribution in [0.1, 0.15) is 0 Å². The number of aromatic nitrogens is 3. The van der Waals surface area contributed by atoms with Gasteiger partial charge in [-0.15, -0.1) is 0 Å². The van der Waals surface area contributed by atoms with Gasteiger partial charge in [0.2, 0.25) is 5.88 Å². The van der Waals surface area contributed by atoms with E-state index < -0.39 is 0 Å². The van der Waals surface area contributed by atoms with Crippen molar-refractivity contribution in [1.82, 2.24) is 14.8 Å². The second kappa shape index (κ2) is 4.00. The van der Waals surface area contributed by atoms with Gasteiger partial charge in [0, 0.05) is 19.3 Å². The van der Waals surface area contributed by atoms with E-state index in [2.05, 4.69) is 15.4 Å². The molecule has 5 heteroatoms. The van der Waals surface area contributed by atoms with Gasteiger partial charge < -0.3 is 10.1 Å². The maximum Gasteiger partial charge on any atom is 0.214 e. The van der Waals surface area contributed by atoms with Gasteiger partial charge in [-0.3, -0.25) is 4.68 Å². The largest absolute Gasteiger partial charge is 0.481 e. The standard InChI is InChI=1S/C10H12N4O/c1-14-7-8(6-11-14)12-9-4-3-5-10(13-9)15-2/h3-7H,1-2H3,(H,12,13). The summed E-state index contributed by atoms with van der Waals surface area (Å²) in [7, 11) is 3.46. The number of nitrogens with zero attached hydrogens (tertiary/aromatic N) is 3. The molecule has 0 saturated heterocycles. The molecule has 0 radical (unpaired) electrons. The van der Waals surface area contributed by atoms with Crippen LogP contribution in [0, 0.1) is 0 Å². The van der Waals surface area contributed by atoms with Crippen molar-refractivity contribution in [1.29, 1.82) is 0 Å². The fourth-order valence-electron chi connectivity index (χ4n) is 1.23. The molecular formula is C10H12N4O. The fourth-order valence-corrected chi connectivity index (χ4v) is 1.23. The second-order valence-corrected chi connectivity index (χ2v) is 3.09. The first kappa shape index (κ1) is 9.51. The van der Waals surface area contributed by atoms with E-state index in [0.29, 0.717) is 5.88 Å². The minimum atomic E-state index is 0.587. The Morgan fingerprint density at radius 1 is 1.40 bits per heavy atom. The van der Waals surface area contributed by atoms with Gasteiger partial charge in [0.1, 0.15) is 5.82 Å². The lowest BCUT2D eigenvalue weighted by Crippen LogP contribution is -1.94.